The van der Waals surface area contributed by atoms with Crippen molar-refractivity contribution in [3.63, 3.8) is 0 Å². The largest absolute Gasteiger partial charge is 0.354 e. The van der Waals surface area contributed by atoms with Crippen molar-refractivity contribution >= 4 is 46.7 Å². The van der Waals surface area contributed by atoms with Gasteiger partial charge in [0.25, 0.3) is 11.1 Å². The molecule has 2 fully saturated rings. The number of nitrogens with zero attached hydrogens (tertiary/aromatic N) is 4. The third-order valence-electron chi connectivity index (χ3n) is 5.07. The van der Waals surface area contributed by atoms with E-state index in [0.717, 1.165) is 40.9 Å². The Bertz CT molecular complexity index is 988. The molecular formula is C20H22N6O3S2. The van der Waals surface area contributed by atoms with Crippen molar-refractivity contribution in [3.05, 3.63) is 40.8 Å². The number of H-pyrrole nitrogens is 1. The van der Waals surface area contributed by atoms with Crippen LogP contribution in [-0.4, -0.2) is 61.0 Å². The molecule has 2 aliphatic rings. The van der Waals surface area contributed by atoms with Gasteiger partial charge in [0.1, 0.15) is 5.82 Å². The number of thioether (sulfide) groups is 2. The number of nitrogens with one attached hydrogen (secondary N) is 2. The fourth-order valence-corrected chi connectivity index (χ4v) is 5.00. The zero-order valence-electron chi connectivity index (χ0n) is 16.7. The highest BCUT2D eigenvalue weighted by Crippen LogP contribution is 2.33. The molecule has 2 aromatic heterocycles. The minimum Gasteiger partial charge on any atom is -0.354 e. The van der Waals surface area contributed by atoms with Crippen LogP contribution in [0.4, 0.5) is 4.79 Å². The average molecular weight is 459 g/mol. The number of hydrogen-bond donors (Lipinski definition) is 2. The number of pyridine rings is 1. The van der Waals surface area contributed by atoms with Crippen LogP contribution in [0.3, 0.4) is 0 Å². The molecule has 4 rings (SSSR count). The van der Waals surface area contributed by atoms with Gasteiger partial charge >= 0.3 is 0 Å². The Kier molecular flexibility index (Phi) is 7.03. The number of amides is 3. The molecule has 2 N–H and O–H groups in total. The van der Waals surface area contributed by atoms with Crippen LogP contribution < -0.4 is 5.32 Å². The van der Waals surface area contributed by atoms with E-state index in [1.807, 2.05) is 6.07 Å². The van der Waals surface area contributed by atoms with E-state index < -0.39 is 0 Å². The molecule has 0 radical (unpaired) electrons. The summed E-state index contributed by atoms with van der Waals surface area (Å²) in [7, 11) is 0. The standard InChI is InChI=1S/C20H22N6O3S2/c27-16(12-30-19-23-17(24-25-19)14-5-1-2-6-14)22-8-9-26-18(28)15(31-20(26)29)10-13-4-3-7-21-11-13/h3-4,7,10-11,14H,1-2,5-6,8-9,12H2,(H,22,27)(H,23,24,25)/b15-10-. The minimum absolute atomic E-state index is 0.123. The Labute approximate surface area is 187 Å². The maximum Gasteiger partial charge on any atom is 0.293 e. The summed E-state index contributed by atoms with van der Waals surface area (Å²) in [5.41, 5.74) is 0.751. The van der Waals surface area contributed by atoms with Crippen LogP contribution in [0.25, 0.3) is 6.08 Å². The molecule has 162 valence electrons. The smallest absolute Gasteiger partial charge is 0.293 e. The third-order valence-corrected chi connectivity index (χ3v) is 6.82. The van der Waals surface area contributed by atoms with Crippen molar-refractivity contribution in [3.8, 4) is 0 Å². The summed E-state index contributed by atoms with van der Waals surface area (Å²) in [6.07, 6.45) is 9.60. The molecule has 0 atom stereocenters. The summed E-state index contributed by atoms with van der Waals surface area (Å²) in [4.78, 5) is 46.7. The molecule has 1 saturated heterocycles. The first-order valence-corrected chi connectivity index (χ1v) is 11.9. The van der Waals surface area contributed by atoms with E-state index in [4.69, 9.17) is 0 Å². The monoisotopic (exact) mass is 458 g/mol. The zero-order valence-corrected chi connectivity index (χ0v) is 18.4. The Balaban J connectivity index is 1.21. The second kappa shape index (κ2) is 10.1. The summed E-state index contributed by atoms with van der Waals surface area (Å²) in [6, 6.07) is 3.57. The van der Waals surface area contributed by atoms with Crippen molar-refractivity contribution in [2.75, 3.05) is 18.8 Å². The average Bonchev–Trinajstić information content (AvgIpc) is 3.51. The first kappa shape index (κ1) is 21.6. The molecule has 0 bridgehead atoms. The molecule has 1 aliphatic carbocycles. The highest BCUT2D eigenvalue weighted by Gasteiger charge is 2.34. The van der Waals surface area contributed by atoms with Crippen LogP contribution in [0, 0.1) is 0 Å². The van der Waals surface area contributed by atoms with E-state index in [-0.39, 0.29) is 35.9 Å². The van der Waals surface area contributed by atoms with E-state index in [0.29, 0.717) is 16.0 Å². The van der Waals surface area contributed by atoms with Crippen LogP contribution in [0.15, 0.2) is 34.6 Å². The Hall–Kier alpha value is -2.66. The summed E-state index contributed by atoms with van der Waals surface area (Å²) in [6.45, 7) is 0.316. The summed E-state index contributed by atoms with van der Waals surface area (Å²) in [5, 5.41) is 10.1. The number of carbonyl (C=O) groups excluding carboxylic acids is 3. The summed E-state index contributed by atoms with van der Waals surface area (Å²) in [5.74, 6) is 0.961. The lowest BCUT2D eigenvalue weighted by molar-refractivity contribution is -0.123. The van der Waals surface area contributed by atoms with Crippen LogP contribution in [0.2, 0.25) is 0 Å². The highest BCUT2D eigenvalue weighted by molar-refractivity contribution is 8.18. The van der Waals surface area contributed by atoms with Crippen molar-refractivity contribution in [2.45, 2.75) is 36.8 Å². The fraction of sp³-hybridized carbons (Fsp3) is 0.400. The van der Waals surface area contributed by atoms with Gasteiger partial charge in [-0.3, -0.25) is 29.4 Å². The van der Waals surface area contributed by atoms with Crippen LogP contribution in [0.5, 0.6) is 0 Å². The highest BCUT2D eigenvalue weighted by atomic mass is 32.2. The van der Waals surface area contributed by atoms with Gasteiger partial charge in [0.2, 0.25) is 11.1 Å². The van der Waals surface area contributed by atoms with Gasteiger partial charge in [0, 0.05) is 31.4 Å². The van der Waals surface area contributed by atoms with Crippen molar-refractivity contribution in [2.24, 2.45) is 0 Å². The molecule has 31 heavy (non-hydrogen) atoms. The lowest BCUT2D eigenvalue weighted by atomic mass is 10.1. The van der Waals surface area contributed by atoms with E-state index >= 15 is 0 Å². The van der Waals surface area contributed by atoms with Gasteiger partial charge in [0.05, 0.1) is 10.7 Å². The number of imide groups is 1. The van der Waals surface area contributed by atoms with Gasteiger partial charge in [-0.05, 0) is 42.3 Å². The molecule has 0 aromatic carbocycles. The van der Waals surface area contributed by atoms with Gasteiger partial charge in [-0.2, -0.15) is 0 Å². The predicted molar refractivity (Wildman–Crippen MR) is 118 cm³/mol. The molecule has 1 aliphatic heterocycles. The number of rotatable bonds is 8. The predicted octanol–water partition coefficient (Wildman–Crippen LogP) is 2.80. The molecule has 9 nitrogen and oxygen atoms in total. The van der Waals surface area contributed by atoms with Crippen LogP contribution in [-0.2, 0) is 9.59 Å². The van der Waals surface area contributed by atoms with Crippen molar-refractivity contribution in [1.82, 2.24) is 30.4 Å². The fourth-order valence-electron chi connectivity index (χ4n) is 3.50. The second-order valence-electron chi connectivity index (χ2n) is 7.24. The summed E-state index contributed by atoms with van der Waals surface area (Å²) < 4.78 is 0. The Morgan fingerprint density at radius 3 is 2.97 bits per heavy atom. The molecule has 3 amide bonds. The van der Waals surface area contributed by atoms with E-state index in [1.54, 1.807) is 24.5 Å². The molecular weight excluding hydrogens is 436 g/mol. The van der Waals surface area contributed by atoms with Crippen LogP contribution in [0.1, 0.15) is 43.0 Å². The first-order valence-electron chi connectivity index (χ1n) is 10.1. The summed E-state index contributed by atoms with van der Waals surface area (Å²) >= 11 is 2.15. The van der Waals surface area contributed by atoms with Gasteiger partial charge < -0.3 is 5.32 Å². The first-order chi connectivity index (χ1) is 15.1. The van der Waals surface area contributed by atoms with E-state index in [2.05, 4.69) is 25.5 Å². The number of aromatic amines is 1. The van der Waals surface area contributed by atoms with Gasteiger partial charge in [0.15, 0.2) is 0 Å². The van der Waals surface area contributed by atoms with E-state index in [9.17, 15) is 14.4 Å². The van der Waals surface area contributed by atoms with Crippen molar-refractivity contribution < 1.29 is 14.4 Å². The SMILES string of the molecule is O=C(CSc1n[nH]c(C2CCCC2)n1)NCCN1C(=O)S/C(=C\c2cccnc2)C1=O. The number of hydrogen-bond acceptors (Lipinski definition) is 8. The topological polar surface area (TPSA) is 121 Å². The third kappa shape index (κ3) is 5.53. The molecule has 11 heteroatoms. The normalized spacial score (nSPS) is 18.3. The lowest BCUT2D eigenvalue weighted by Crippen LogP contribution is -2.37. The van der Waals surface area contributed by atoms with Gasteiger partial charge in [-0.1, -0.05) is 30.7 Å². The van der Waals surface area contributed by atoms with Crippen molar-refractivity contribution in [1.29, 1.82) is 0 Å². The Morgan fingerprint density at radius 1 is 1.35 bits per heavy atom. The second-order valence-corrected chi connectivity index (χ2v) is 9.18. The lowest BCUT2D eigenvalue weighted by Gasteiger charge is -2.12. The quantitative estimate of drug-likeness (QED) is 0.458. The number of carbonyl (C=O) groups is 3. The van der Waals surface area contributed by atoms with Gasteiger partial charge in [-0.25, -0.2) is 4.98 Å². The van der Waals surface area contributed by atoms with E-state index in [1.165, 1.54) is 24.6 Å². The molecule has 0 unspecified atom stereocenters. The molecule has 1 saturated carbocycles. The van der Waals surface area contributed by atoms with Gasteiger partial charge in [-0.15, -0.1) is 5.10 Å². The zero-order chi connectivity index (χ0) is 21.6. The number of aromatic nitrogens is 4. The molecule has 2 aromatic rings. The molecule has 3 heterocycles. The maximum atomic E-state index is 12.5. The van der Waals surface area contributed by atoms with Crippen LogP contribution >= 0.6 is 23.5 Å². The minimum atomic E-state index is -0.359. The maximum absolute atomic E-state index is 12.5. The Morgan fingerprint density at radius 2 is 2.19 bits per heavy atom. The molecule has 0 spiro atoms.